The van der Waals surface area contributed by atoms with Crippen LogP contribution in [0.4, 0.5) is 0 Å². The van der Waals surface area contributed by atoms with Crippen LogP contribution < -0.4 is 11.1 Å². The van der Waals surface area contributed by atoms with Crippen LogP contribution in [0, 0.1) is 0 Å². The Bertz CT molecular complexity index is 252. The van der Waals surface area contributed by atoms with Gasteiger partial charge in [-0.3, -0.25) is 4.99 Å². The van der Waals surface area contributed by atoms with E-state index in [0.717, 1.165) is 26.0 Å². The lowest BCUT2D eigenvalue weighted by Gasteiger charge is -2.16. The molecule has 1 aliphatic rings. The number of halogens is 1. The van der Waals surface area contributed by atoms with Crippen molar-refractivity contribution >= 4 is 29.9 Å². The fourth-order valence-electron chi connectivity index (χ4n) is 2.41. The predicted octanol–water partition coefficient (Wildman–Crippen LogP) is 3.44. The van der Waals surface area contributed by atoms with E-state index in [2.05, 4.69) is 24.2 Å². The monoisotopic (exact) mass is 397 g/mol. The molecule has 5 heteroatoms. The van der Waals surface area contributed by atoms with Gasteiger partial charge in [0.2, 0.25) is 0 Å². The zero-order chi connectivity index (χ0) is 13.9. The molecule has 1 fully saturated rings. The molecule has 3 N–H and O–H groups in total. The fourth-order valence-corrected chi connectivity index (χ4v) is 2.41. The molecule has 0 aliphatic heterocycles. The number of nitrogens with two attached hydrogens (primary N) is 1. The van der Waals surface area contributed by atoms with Gasteiger partial charge in [-0.1, -0.05) is 25.7 Å². The summed E-state index contributed by atoms with van der Waals surface area (Å²) in [6.45, 7) is 5.75. The van der Waals surface area contributed by atoms with Crippen molar-refractivity contribution in [3.05, 3.63) is 0 Å². The normalized spacial score (nSPS) is 17.6. The minimum Gasteiger partial charge on any atom is -0.379 e. The minimum atomic E-state index is 0. The van der Waals surface area contributed by atoms with Gasteiger partial charge in [0.05, 0.1) is 6.10 Å². The van der Waals surface area contributed by atoms with E-state index in [1.54, 1.807) is 0 Å². The summed E-state index contributed by atoms with van der Waals surface area (Å²) in [4.78, 5) is 4.39. The standard InChI is InChI=1S/C15H31N3O.HI/c1-13(2)19-12-8-7-11-17-15(16)18-14-9-5-3-4-6-10-14;/h13-14H,3-12H2,1-2H3,(H3,16,17,18);1H. The summed E-state index contributed by atoms with van der Waals surface area (Å²) in [5, 5.41) is 3.36. The van der Waals surface area contributed by atoms with Gasteiger partial charge >= 0.3 is 0 Å². The Hall–Kier alpha value is -0.0400. The third kappa shape index (κ3) is 10.7. The Labute approximate surface area is 141 Å². The molecule has 0 spiro atoms. The lowest BCUT2D eigenvalue weighted by molar-refractivity contribution is 0.0764. The second kappa shape index (κ2) is 12.7. The van der Waals surface area contributed by atoms with Crippen molar-refractivity contribution < 1.29 is 4.74 Å². The van der Waals surface area contributed by atoms with Crippen LogP contribution in [0.1, 0.15) is 65.2 Å². The molecule has 0 heterocycles. The molecule has 1 saturated carbocycles. The number of rotatable bonds is 7. The molecule has 120 valence electrons. The molecule has 0 aromatic heterocycles. The molecular formula is C15H32IN3O. The Morgan fingerprint density at radius 3 is 2.45 bits per heavy atom. The second-order valence-corrected chi connectivity index (χ2v) is 5.73. The SMILES string of the molecule is CC(C)OCCCCN=C(N)NC1CCCCCC1.I. The third-order valence-corrected chi connectivity index (χ3v) is 3.49. The highest BCUT2D eigenvalue weighted by Gasteiger charge is 2.11. The van der Waals surface area contributed by atoms with Crippen LogP contribution in [-0.2, 0) is 4.74 Å². The van der Waals surface area contributed by atoms with Crippen molar-refractivity contribution in [1.82, 2.24) is 5.32 Å². The molecule has 1 aliphatic carbocycles. The van der Waals surface area contributed by atoms with Crippen LogP contribution in [0.5, 0.6) is 0 Å². The highest BCUT2D eigenvalue weighted by atomic mass is 127. The molecule has 0 radical (unpaired) electrons. The van der Waals surface area contributed by atoms with Gasteiger partial charge in [0.15, 0.2) is 5.96 Å². The van der Waals surface area contributed by atoms with E-state index in [1.807, 2.05) is 0 Å². The maximum atomic E-state index is 5.93. The number of guanidine groups is 1. The average molecular weight is 397 g/mol. The number of nitrogens with zero attached hydrogens (tertiary/aromatic N) is 1. The van der Waals surface area contributed by atoms with Crippen molar-refractivity contribution in [2.75, 3.05) is 13.2 Å². The van der Waals surface area contributed by atoms with Crippen molar-refractivity contribution in [2.24, 2.45) is 10.7 Å². The molecule has 4 nitrogen and oxygen atoms in total. The molecule has 20 heavy (non-hydrogen) atoms. The van der Waals surface area contributed by atoms with E-state index in [4.69, 9.17) is 10.5 Å². The van der Waals surface area contributed by atoms with Gasteiger partial charge in [-0.2, -0.15) is 0 Å². The summed E-state index contributed by atoms with van der Waals surface area (Å²) >= 11 is 0. The summed E-state index contributed by atoms with van der Waals surface area (Å²) in [5.74, 6) is 0.622. The van der Waals surface area contributed by atoms with E-state index in [0.29, 0.717) is 18.1 Å². The first-order valence-corrected chi connectivity index (χ1v) is 7.86. The van der Waals surface area contributed by atoms with Gasteiger partial charge < -0.3 is 15.8 Å². The zero-order valence-electron chi connectivity index (χ0n) is 13.1. The number of nitrogens with one attached hydrogen (secondary N) is 1. The molecule has 1 rings (SSSR count). The lowest BCUT2D eigenvalue weighted by atomic mass is 10.1. The van der Waals surface area contributed by atoms with Crippen molar-refractivity contribution in [3.63, 3.8) is 0 Å². The third-order valence-electron chi connectivity index (χ3n) is 3.49. The largest absolute Gasteiger partial charge is 0.379 e. The van der Waals surface area contributed by atoms with E-state index >= 15 is 0 Å². The summed E-state index contributed by atoms with van der Waals surface area (Å²) < 4.78 is 5.49. The average Bonchev–Trinajstić information content (AvgIpc) is 2.62. The summed E-state index contributed by atoms with van der Waals surface area (Å²) in [5.41, 5.74) is 5.93. The Kier molecular flexibility index (Phi) is 12.7. The van der Waals surface area contributed by atoms with Crippen molar-refractivity contribution in [3.8, 4) is 0 Å². The van der Waals surface area contributed by atoms with E-state index < -0.39 is 0 Å². The number of ether oxygens (including phenoxy) is 1. The van der Waals surface area contributed by atoms with Crippen LogP contribution >= 0.6 is 24.0 Å². The number of hydrogen-bond acceptors (Lipinski definition) is 2. The van der Waals surface area contributed by atoms with Crippen LogP contribution in [0.15, 0.2) is 4.99 Å². The predicted molar refractivity (Wildman–Crippen MR) is 96.9 cm³/mol. The number of unbranched alkanes of at least 4 members (excludes halogenated alkanes) is 1. The first-order valence-electron chi connectivity index (χ1n) is 7.86. The molecule has 0 aromatic carbocycles. The topological polar surface area (TPSA) is 59.6 Å². The maximum Gasteiger partial charge on any atom is 0.188 e. The molecule has 0 unspecified atom stereocenters. The summed E-state index contributed by atoms with van der Waals surface area (Å²) in [6.07, 6.45) is 10.3. The van der Waals surface area contributed by atoms with Crippen LogP contribution in [0.25, 0.3) is 0 Å². The van der Waals surface area contributed by atoms with E-state index in [-0.39, 0.29) is 24.0 Å². The first-order chi connectivity index (χ1) is 9.18. The van der Waals surface area contributed by atoms with Crippen molar-refractivity contribution in [1.29, 1.82) is 0 Å². The molecule has 0 saturated heterocycles. The molecule has 0 atom stereocenters. The van der Waals surface area contributed by atoms with Crippen LogP contribution in [-0.4, -0.2) is 31.3 Å². The van der Waals surface area contributed by atoms with Crippen LogP contribution in [0.2, 0.25) is 0 Å². The van der Waals surface area contributed by atoms with Gasteiger partial charge in [-0.25, -0.2) is 0 Å². The summed E-state index contributed by atoms with van der Waals surface area (Å²) in [6, 6.07) is 0.538. The van der Waals surface area contributed by atoms with Gasteiger partial charge in [-0.15, -0.1) is 24.0 Å². The van der Waals surface area contributed by atoms with Crippen LogP contribution in [0.3, 0.4) is 0 Å². The van der Waals surface area contributed by atoms with Gasteiger partial charge in [0.1, 0.15) is 0 Å². The van der Waals surface area contributed by atoms with Gasteiger partial charge in [0.25, 0.3) is 0 Å². The quantitative estimate of drug-likeness (QED) is 0.228. The number of aliphatic imine (C=N–C) groups is 1. The van der Waals surface area contributed by atoms with Gasteiger partial charge in [0, 0.05) is 19.2 Å². The zero-order valence-corrected chi connectivity index (χ0v) is 15.4. The minimum absolute atomic E-state index is 0. The molecule has 0 aromatic rings. The van der Waals surface area contributed by atoms with E-state index in [9.17, 15) is 0 Å². The molecular weight excluding hydrogens is 365 g/mol. The Morgan fingerprint density at radius 1 is 1.20 bits per heavy atom. The molecule has 0 bridgehead atoms. The Balaban J connectivity index is 0.00000361. The van der Waals surface area contributed by atoms with Gasteiger partial charge in [-0.05, 0) is 39.5 Å². The lowest BCUT2D eigenvalue weighted by Crippen LogP contribution is -2.39. The second-order valence-electron chi connectivity index (χ2n) is 5.73. The first kappa shape index (κ1) is 20.0. The van der Waals surface area contributed by atoms with E-state index in [1.165, 1.54) is 38.5 Å². The molecule has 0 amide bonds. The highest BCUT2D eigenvalue weighted by Crippen LogP contribution is 2.16. The summed E-state index contributed by atoms with van der Waals surface area (Å²) in [7, 11) is 0. The maximum absolute atomic E-state index is 5.93. The fraction of sp³-hybridized carbons (Fsp3) is 0.933. The number of hydrogen-bond donors (Lipinski definition) is 2. The smallest absolute Gasteiger partial charge is 0.188 e. The van der Waals surface area contributed by atoms with Crippen molar-refractivity contribution in [2.45, 2.75) is 77.4 Å². The highest BCUT2D eigenvalue weighted by molar-refractivity contribution is 14.0. The Morgan fingerprint density at radius 2 is 1.85 bits per heavy atom.